The van der Waals surface area contributed by atoms with Crippen LogP contribution in [0, 0.1) is 0 Å². The summed E-state index contributed by atoms with van der Waals surface area (Å²) in [4.78, 5) is 25.1. The van der Waals surface area contributed by atoms with E-state index >= 15 is 0 Å². The van der Waals surface area contributed by atoms with Crippen molar-refractivity contribution in [3.63, 3.8) is 0 Å². The Morgan fingerprint density at radius 1 is 1.40 bits per heavy atom. The van der Waals surface area contributed by atoms with Crippen LogP contribution in [0.5, 0.6) is 0 Å². The molecule has 1 fully saturated rings. The van der Waals surface area contributed by atoms with Gasteiger partial charge in [-0.25, -0.2) is 14.8 Å². The maximum Gasteiger partial charge on any atom is 0.410 e. The second-order valence-electron chi connectivity index (χ2n) is 7.39. The number of nitrogens with zero attached hydrogens (tertiary/aromatic N) is 4. The van der Waals surface area contributed by atoms with E-state index in [2.05, 4.69) is 21.8 Å². The number of aryl methyl sites for hydroxylation is 1. The lowest BCUT2D eigenvalue weighted by molar-refractivity contribution is 0.0191. The molecule has 1 atom stereocenters. The fraction of sp³-hybridized carbons (Fsp3) is 0.722. The Balaban J connectivity index is 2.08. The van der Waals surface area contributed by atoms with E-state index in [1.807, 2.05) is 33.8 Å². The smallest absolute Gasteiger partial charge is 0.410 e. The molecule has 1 aliphatic rings. The predicted octanol–water partition coefficient (Wildman–Crippen LogP) is 3.92. The van der Waals surface area contributed by atoms with Crippen molar-refractivity contribution < 1.29 is 9.53 Å². The summed E-state index contributed by atoms with van der Waals surface area (Å²) in [6, 6.07) is 2.12. The summed E-state index contributed by atoms with van der Waals surface area (Å²) in [5.74, 6) is 0.839. The Hall–Kier alpha value is -1.56. The second-order valence-corrected chi connectivity index (χ2v) is 7.73. The standard InChI is InChI=1S/C18H29ClN4O2/c1-6-8-13-11-15(21-16(19)20-13)22-10-9-14(12-22)23(7-2)17(24)25-18(3,4)5/h11,14H,6-10,12H2,1-5H3. The molecule has 0 radical (unpaired) electrons. The minimum absolute atomic E-state index is 0.114. The lowest BCUT2D eigenvalue weighted by Gasteiger charge is -2.30. The van der Waals surface area contributed by atoms with Gasteiger partial charge >= 0.3 is 6.09 Å². The first kappa shape index (κ1) is 19.8. The molecule has 2 rings (SSSR count). The minimum atomic E-state index is -0.488. The van der Waals surface area contributed by atoms with E-state index in [0.717, 1.165) is 43.9 Å². The van der Waals surface area contributed by atoms with Gasteiger partial charge in [0.15, 0.2) is 0 Å². The number of halogens is 1. The largest absolute Gasteiger partial charge is 0.444 e. The van der Waals surface area contributed by atoms with Gasteiger partial charge in [0.2, 0.25) is 5.28 Å². The third kappa shape index (κ3) is 5.46. The van der Waals surface area contributed by atoms with Crippen LogP contribution in [-0.4, -0.2) is 52.2 Å². The molecule has 1 unspecified atom stereocenters. The Labute approximate surface area is 155 Å². The summed E-state index contributed by atoms with van der Waals surface area (Å²) < 4.78 is 5.54. The number of likely N-dealkylation sites (N-methyl/N-ethyl adjacent to an activating group) is 1. The third-order valence-electron chi connectivity index (χ3n) is 4.14. The van der Waals surface area contributed by atoms with E-state index in [1.54, 1.807) is 4.90 Å². The zero-order chi connectivity index (χ0) is 18.6. The molecule has 0 aliphatic carbocycles. The average Bonchev–Trinajstić information content (AvgIpc) is 2.95. The maximum atomic E-state index is 12.5. The van der Waals surface area contributed by atoms with Crippen molar-refractivity contribution >= 4 is 23.5 Å². The van der Waals surface area contributed by atoms with Crippen molar-refractivity contribution in [1.82, 2.24) is 14.9 Å². The summed E-state index contributed by atoms with van der Waals surface area (Å²) in [5, 5.41) is 0.281. The molecule has 1 aliphatic heterocycles. The quantitative estimate of drug-likeness (QED) is 0.737. The van der Waals surface area contributed by atoms with Crippen LogP contribution < -0.4 is 4.90 Å². The number of rotatable bonds is 5. The Kier molecular flexibility index (Phi) is 6.49. The number of hydrogen-bond donors (Lipinski definition) is 0. The van der Waals surface area contributed by atoms with Crippen molar-refractivity contribution in [3.8, 4) is 0 Å². The van der Waals surface area contributed by atoms with E-state index < -0.39 is 5.60 Å². The van der Waals surface area contributed by atoms with Crippen molar-refractivity contribution in [1.29, 1.82) is 0 Å². The van der Waals surface area contributed by atoms with Crippen molar-refractivity contribution in [3.05, 3.63) is 17.0 Å². The van der Waals surface area contributed by atoms with Crippen LogP contribution in [0.2, 0.25) is 5.28 Å². The number of aromatic nitrogens is 2. The normalized spacial score (nSPS) is 17.7. The molecule has 140 valence electrons. The molecule has 7 heteroatoms. The van der Waals surface area contributed by atoms with Crippen LogP contribution in [0.25, 0.3) is 0 Å². The highest BCUT2D eigenvalue weighted by molar-refractivity contribution is 6.28. The Morgan fingerprint density at radius 3 is 2.72 bits per heavy atom. The average molecular weight is 369 g/mol. The number of hydrogen-bond acceptors (Lipinski definition) is 5. The number of carbonyl (C=O) groups is 1. The topological polar surface area (TPSA) is 58.6 Å². The Morgan fingerprint density at radius 2 is 2.12 bits per heavy atom. The fourth-order valence-corrected chi connectivity index (χ4v) is 3.25. The molecule has 0 aromatic carbocycles. The van der Waals surface area contributed by atoms with E-state index in [-0.39, 0.29) is 17.4 Å². The highest BCUT2D eigenvalue weighted by Gasteiger charge is 2.33. The minimum Gasteiger partial charge on any atom is -0.444 e. The highest BCUT2D eigenvalue weighted by Crippen LogP contribution is 2.24. The second kappa shape index (κ2) is 8.21. The highest BCUT2D eigenvalue weighted by atomic mass is 35.5. The van der Waals surface area contributed by atoms with E-state index in [0.29, 0.717) is 6.54 Å². The van der Waals surface area contributed by atoms with Crippen molar-refractivity contribution in [2.45, 2.75) is 65.5 Å². The summed E-state index contributed by atoms with van der Waals surface area (Å²) in [6.45, 7) is 11.9. The van der Waals surface area contributed by atoms with E-state index in [4.69, 9.17) is 16.3 Å². The molecule has 2 heterocycles. The number of carbonyl (C=O) groups excluding carboxylic acids is 1. The van der Waals surface area contributed by atoms with Crippen LogP contribution in [0.15, 0.2) is 6.07 Å². The van der Waals surface area contributed by atoms with Crippen molar-refractivity contribution in [2.24, 2.45) is 0 Å². The van der Waals surface area contributed by atoms with Crippen LogP contribution in [0.1, 0.15) is 53.2 Å². The molecule has 0 saturated carbocycles. The molecule has 1 amide bonds. The molecule has 1 aromatic rings. The molecular weight excluding hydrogens is 340 g/mol. The van der Waals surface area contributed by atoms with E-state index in [9.17, 15) is 4.79 Å². The number of amides is 1. The van der Waals surface area contributed by atoms with Gasteiger partial charge in [-0.15, -0.1) is 0 Å². The van der Waals surface area contributed by atoms with E-state index in [1.165, 1.54) is 0 Å². The zero-order valence-electron chi connectivity index (χ0n) is 15.9. The summed E-state index contributed by atoms with van der Waals surface area (Å²) >= 11 is 6.08. The molecule has 0 N–H and O–H groups in total. The summed E-state index contributed by atoms with van der Waals surface area (Å²) in [7, 11) is 0. The first-order chi connectivity index (χ1) is 11.7. The molecule has 1 saturated heterocycles. The molecule has 6 nitrogen and oxygen atoms in total. The van der Waals surface area contributed by atoms with Gasteiger partial charge in [-0.05, 0) is 52.1 Å². The summed E-state index contributed by atoms with van der Waals surface area (Å²) in [5.41, 5.74) is 0.471. The van der Waals surface area contributed by atoms with Gasteiger partial charge in [0.1, 0.15) is 11.4 Å². The third-order valence-corrected chi connectivity index (χ3v) is 4.31. The van der Waals surface area contributed by atoms with Gasteiger partial charge in [-0.1, -0.05) is 13.3 Å². The van der Waals surface area contributed by atoms with Gasteiger partial charge in [0, 0.05) is 31.4 Å². The van der Waals surface area contributed by atoms with Gasteiger partial charge in [-0.3, -0.25) is 0 Å². The monoisotopic (exact) mass is 368 g/mol. The van der Waals surface area contributed by atoms with Crippen LogP contribution in [-0.2, 0) is 11.2 Å². The summed E-state index contributed by atoms with van der Waals surface area (Å²) in [6.07, 6.45) is 2.52. The maximum absolute atomic E-state index is 12.5. The molecule has 0 spiro atoms. The van der Waals surface area contributed by atoms with Crippen LogP contribution >= 0.6 is 11.6 Å². The molecule has 25 heavy (non-hydrogen) atoms. The van der Waals surface area contributed by atoms with Gasteiger partial charge in [0.25, 0.3) is 0 Å². The molecule has 0 bridgehead atoms. The SMILES string of the molecule is CCCc1cc(N2CCC(N(CC)C(=O)OC(C)(C)C)C2)nc(Cl)n1. The first-order valence-corrected chi connectivity index (χ1v) is 9.39. The van der Waals surface area contributed by atoms with Crippen LogP contribution in [0.4, 0.5) is 10.6 Å². The molecule has 1 aromatic heterocycles. The van der Waals surface area contributed by atoms with Gasteiger partial charge in [0.05, 0.1) is 6.04 Å². The van der Waals surface area contributed by atoms with Gasteiger partial charge < -0.3 is 14.5 Å². The Bertz CT molecular complexity index is 603. The lowest BCUT2D eigenvalue weighted by Crippen LogP contribution is -2.44. The fourth-order valence-electron chi connectivity index (χ4n) is 3.06. The van der Waals surface area contributed by atoms with Gasteiger partial charge in [-0.2, -0.15) is 0 Å². The predicted molar refractivity (Wildman–Crippen MR) is 100 cm³/mol. The van der Waals surface area contributed by atoms with Crippen LogP contribution in [0.3, 0.4) is 0 Å². The van der Waals surface area contributed by atoms with Crippen molar-refractivity contribution in [2.75, 3.05) is 24.5 Å². The zero-order valence-corrected chi connectivity index (χ0v) is 16.6. The number of ether oxygens (including phenoxy) is 1. The first-order valence-electron chi connectivity index (χ1n) is 9.01. The molecular formula is C18H29ClN4O2. The number of anilines is 1. The lowest BCUT2D eigenvalue weighted by atomic mass is 10.2.